The summed E-state index contributed by atoms with van der Waals surface area (Å²) in [5.74, 6) is 1.20. The van der Waals surface area contributed by atoms with Crippen molar-refractivity contribution in [3.8, 4) is 0 Å². The molecule has 2 aromatic rings. The first kappa shape index (κ1) is 15.1. The number of aromatic amines is 1. The van der Waals surface area contributed by atoms with Crippen molar-refractivity contribution in [1.82, 2.24) is 9.97 Å². The predicted molar refractivity (Wildman–Crippen MR) is 90.4 cm³/mol. The highest BCUT2D eigenvalue weighted by Crippen LogP contribution is 2.48. The van der Waals surface area contributed by atoms with E-state index in [4.69, 9.17) is 4.74 Å². The van der Waals surface area contributed by atoms with Crippen LogP contribution in [0.3, 0.4) is 0 Å². The Morgan fingerprint density at radius 3 is 2.58 bits per heavy atom. The molecule has 24 heavy (non-hydrogen) atoms. The van der Waals surface area contributed by atoms with Crippen LogP contribution in [0.1, 0.15) is 44.5 Å². The number of fused-ring (bicyclic) bond motifs is 1. The van der Waals surface area contributed by atoms with Gasteiger partial charge in [-0.05, 0) is 56.6 Å². The number of benzene rings is 1. The Labute approximate surface area is 139 Å². The molecular weight excluding hydrogens is 304 g/mol. The number of aromatic nitrogens is 2. The largest absolute Gasteiger partial charge is 0.451 e. The number of allylic oxidation sites excluding steroid dienone is 1. The van der Waals surface area contributed by atoms with Gasteiger partial charge in [-0.25, -0.2) is 9.78 Å². The summed E-state index contributed by atoms with van der Waals surface area (Å²) in [6.07, 6.45) is 5.82. The summed E-state index contributed by atoms with van der Waals surface area (Å²) in [7, 11) is 0. The SMILES string of the molecule is C[C@@H](OC(=O)C=C(C1CC1)C1CC1)c1nc2ccccc2c(=O)[nH]1. The zero-order valence-electron chi connectivity index (χ0n) is 13.6. The van der Waals surface area contributed by atoms with Gasteiger partial charge in [-0.3, -0.25) is 4.79 Å². The standard InChI is InChI=1S/C19H20N2O3/c1-11(18-20-16-5-3-2-4-14(16)19(23)21-18)24-17(22)10-15(12-6-7-12)13-8-9-13/h2-5,10-13H,6-9H2,1H3,(H,20,21,23)/t11-/m1/s1. The lowest BCUT2D eigenvalue weighted by Crippen LogP contribution is -2.17. The number of carbonyl (C=O) groups excluding carboxylic acids is 1. The molecule has 124 valence electrons. The third-order valence-corrected chi connectivity index (χ3v) is 4.69. The number of hydrogen-bond acceptors (Lipinski definition) is 4. The highest BCUT2D eigenvalue weighted by atomic mass is 16.5. The van der Waals surface area contributed by atoms with Crippen LogP contribution < -0.4 is 5.56 Å². The normalized spacial score (nSPS) is 18.2. The van der Waals surface area contributed by atoms with E-state index in [2.05, 4.69) is 9.97 Å². The van der Waals surface area contributed by atoms with E-state index in [0.717, 1.165) is 0 Å². The van der Waals surface area contributed by atoms with Crippen molar-refractivity contribution in [2.75, 3.05) is 0 Å². The second kappa shape index (κ2) is 5.89. The van der Waals surface area contributed by atoms with Gasteiger partial charge in [0.25, 0.3) is 5.56 Å². The van der Waals surface area contributed by atoms with Crippen LogP contribution in [0.4, 0.5) is 0 Å². The summed E-state index contributed by atoms with van der Waals surface area (Å²) in [5.41, 5.74) is 1.64. The molecule has 0 saturated heterocycles. The van der Waals surface area contributed by atoms with Crippen LogP contribution >= 0.6 is 0 Å². The first-order valence-electron chi connectivity index (χ1n) is 8.53. The van der Waals surface area contributed by atoms with Gasteiger partial charge in [-0.15, -0.1) is 0 Å². The number of nitrogens with zero attached hydrogens (tertiary/aromatic N) is 1. The second-order valence-electron chi connectivity index (χ2n) is 6.74. The molecule has 0 aliphatic heterocycles. The molecule has 0 spiro atoms. The van der Waals surface area contributed by atoms with Crippen LogP contribution in [-0.4, -0.2) is 15.9 Å². The maximum absolute atomic E-state index is 12.2. The van der Waals surface area contributed by atoms with E-state index in [1.807, 2.05) is 6.07 Å². The van der Waals surface area contributed by atoms with Crippen molar-refractivity contribution in [3.63, 3.8) is 0 Å². The molecular formula is C19H20N2O3. The van der Waals surface area contributed by atoms with Crippen LogP contribution in [-0.2, 0) is 9.53 Å². The Kier molecular flexibility index (Phi) is 3.71. The van der Waals surface area contributed by atoms with Gasteiger partial charge in [-0.1, -0.05) is 17.7 Å². The van der Waals surface area contributed by atoms with Gasteiger partial charge in [-0.2, -0.15) is 0 Å². The number of carbonyl (C=O) groups is 1. The fourth-order valence-corrected chi connectivity index (χ4v) is 3.10. The molecule has 0 amide bonds. The zero-order valence-corrected chi connectivity index (χ0v) is 13.6. The first-order valence-corrected chi connectivity index (χ1v) is 8.53. The van der Waals surface area contributed by atoms with Crippen LogP contribution in [0, 0.1) is 11.8 Å². The van der Waals surface area contributed by atoms with Crippen molar-refractivity contribution < 1.29 is 9.53 Å². The summed E-state index contributed by atoms with van der Waals surface area (Å²) in [6.45, 7) is 1.73. The van der Waals surface area contributed by atoms with Gasteiger partial charge >= 0.3 is 5.97 Å². The molecule has 0 radical (unpaired) electrons. The van der Waals surface area contributed by atoms with Crippen LogP contribution in [0.15, 0.2) is 40.7 Å². The highest BCUT2D eigenvalue weighted by molar-refractivity contribution is 5.83. The number of ether oxygens (including phenoxy) is 1. The number of H-pyrrole nitrogens is 1. The summed E-state index contributed by atoms with van der Waals surface area (Å²) in [4.78, 5) is 31.5. The summed E-state index contributed by atoms with van der Waals surface area (Å²) < 4.78 is 5.48. The van der Waals surface area contributed by atoms with Crippen LogP contribution in [0.5, 0.6) is 0 Å². The fourth-order valence-electron chi connectivity index (χ4n) is 3.10. The molecule has 1 atom stereocenters. The molecule has 2 saturated carbocycles. The highest BCUT2D eigenvalue weighted by Gasteiger charge is 2.37. The van der Waals surface area contributed by atoms with E-state index in [9.17, 15) is 9.59 Å². The number of esters is 1. The van der Waals surface area contributed by atoms with Gasteiger partial charge in [0.1, 0.15) is 0 Å². The third-order valence-electron chi connectivity index (χ3n) is 4.69. The Hall–Kier alpha value is -2.43. The van der Waals surface area contributed by atoms with E-state index < -0.39 is 6.10 Å². The predicted octanol–water partition coefficient (Wildman–Crippen LogP) is 3.27. The van der Waals surface area contributed by atoms with Crippen molar-refractivity contribution in [2.24, 2.45) is 11.8 Å². The number of hydrogen-bond donors (Lipinski definition) is 1. The molecule has 2 aliphatic carbocycles. The summed E-state index contributed by atoms with van der Waals surface area (Å²) in [6, 6.07) is 7.13. The third kappa shape index (κ3) is 3.11. The molecule has 0 bridgehead atoms. The van der Waals surface area contributed by atoms with Crippen molar-refractivity contribution in [1.29, 1.82) is 0 Å². The summed E-state index contributed by atoms with van der Waals surface area (Å²) >= 11 is 0. The minimum Gasteiger partial charge on any atom is -0.451 e. The van der Waals surface area contributed by atoms with E-state index >= 15 is 0 Å². The quantitative estimate of drug-likeness (QED) is 0.677. The Morgan fingerprint density at radius 1 is 1.25 bits per heavy atom. The molecule has 1 heterocycles. The molecule has 1 aromatic carbocycles. The molecule has 4 rings (SSSR count). The second-order valence-corrected chi connectivity index (χ2v) is 6.74. The molecule has 0 unspecified atom stereocenters. The van der Waals surface area contributed by atoms with Gasteiger partial charge in [0.15, 0.2) is 11.9 Å². The lowest BCUT2D eigenvalue weighted by atomic mass is 10.1. The maximum Gasteiger partial charge on any atom is 0.331 e. The van der Waals surface area contributed by atoms with Crippen LogP contribution in [0.2, 0.25) is 0 Å². The van der Waals surface area contributed by atoms with E-state index in [1.165, 1.54) is 31.3 Å². The van der Waals surface area contributed by atoms with Crippen molar-refractivity contribution >= 4 is 16.9 Å². The number of para-hydroxylation sites is 1. The topological polar surface area (TPSA) is 72.0 Å². The Morgan fingerprint density at radius 2 is 1.92 bits per heavy atom. The molecule has 1 N–H and O–H groups in total. The average molecular weight is 324 g/mol. The minimum absolute atomic E-state index is 0.217. The lowest BCUT2D eigenvalue weighted by molar-refractivity contribution is -0.142. The van der Waals surface area contributed by atoms with Gasteiger partial charge in [0.2, 0.25) is 0 Å². The molecule has 1 aromatic heterocycles. The Balaban J connectivity index is 1.53. The molecule has 2 fully saturated rings. The van der Waals surface area contributed by atoms with E-state index in [0.29, 0.717) is 28.6 Å². The molecule has 2 aliphatic rings. The van der Waals surface area contributed by atoms with Gasteiger partial charge < -0.3 is 9.72 Å². The summed E-state index contributed by atoms with van der Waals surface area (Å²) in [5, 5.41) is 0.532. The molecule has 5 heteroatoms. The number of rotatable bonds is 5. The smallest absolute Gasteiger partial charge is 0.331 e. The van der Waals surface area contributed by atoms with Crippen molar-refractivity contribution in [3.05, 3.63) is 52.1 Å². The number of nitrogens with one attached hydrogen (secondary N) is 1. The first-order chi connectivity index (χ1) is 11.6. The molecule has 5 nitrogen and oxygen atoms in total. The minimum atomic E-state index is -0.592. The van der Waals surface area contributed by atoms with E-state index in [-0.39, 0.29) is 11.5 Å². The zero-order chi connectivity index (χ0) is 16.7. The maximum atomic E-state index is 12.2. The van der Waals surface area contributed by atoms with E-state index in [1.54, 1.807) is 31.2 Å². The Bertz CT molecular complexity index is 862. The lowest BCUT2D eigenvalue weighted by Gasteiger charge is -2.12. The average Bonchev–Trinajstić information content (AvgIpc) is 3.46. The monoisotopic (exact) mass is 324 g/mol. The van der Waals surface area contributed by atoms with Gasteiger partial charge in [0.05, 0.1) is 10.9 Å². The van der Waals surface area contributed by atoms with Crippen molar-refractivity contribution in [2.45, 2.75) is 38.7 Å². The van der Waals surface area contributed by atoms with Gasteiger partial charge in [0, 0.05) is 6.08 Å². The van der Waals surface area contributed by atoms with Crippen LogP contribution in [0.25, 0.3) is 10.9 Å². The fraction of sp³-hybridized carbons (Fsp3) is 0.421.